The predicted molar refractivity (Wildman–Crippen MR) is 89.6 cm³/mol. The smallest absolute Gasteiger partial charge is 0.326 e. The van der Waals surface area contributed by atoms with Gasteiger partial charge in [0.25, 0.3) is 5.56 Å². The zero-order chi connectivity index (χ0) is 16.4. The minimum atomic E-state index is -0.452. The van der Waals surface area contributed by atoms with E-state index < -0.39 is 5.97 Å². The van der Waals surface area contributed by atoms with E-state index >= 15 is 0 Å². The molecule has 6 heteroatoms. The molecule has 0 amide bonds. The molecule has 0 saturated carbocycles. The summed E-state index contributed by atoms with van der Waals surface area (Å²) in [5.74, 6) is 0.0631. The van der Waals surface area contributed by atoms with Gasteiger partial charge in [0.1, 0.15) is 23.8 Å². The van der Waals surface area contributed by atoms with Gasteiger partial charge < -0.3 is 4.74 Å². The first-order chi connectivity index (χ1) is 11.0. The number of thiophene rings is 1. The van der Waals surface area contributed by atoms with Gasteiger partial charge in [-0.05, 0) is 25.5 Å². The van der Waals surface area contributed by atoms with E-state index in [-0.39, 0.29) is 18.7 Å². The molecule has 23 heavy (non-hydrogen) atoms. The lowest BCUT2D eigenvalue weighted by Crippen LogP contribution is -2.27. The average molecular weight is 328 g/mol. The standard InChI is InChI=1S/C17H16N2O3S/c1-11-8-14-16(23-11)18-12(2)19(17(14)21)9-15(20)22-10-13-6-4-3-5-7-13/h3-8H,9-10H2,1-2H3. The monoisotopic (exact) mass is 328 g/mol. The molecule has 5 nitrogen and oxygen atoms in total. The van der Waals surface area contributed by atoms with Crippen LogP contribution in [0.15, 0.2) is 41.2 Å². The highest BCUT2D eigenvalue weighted by Gasteiger charge is 2.14. The normalized spacial score (nSPS) is 10.9. The summed E-state index contributed by atoms with van der Waals surface area (Å²) in [6.45, 7) is 3.72. The van der Waals surface area contributed by atoms with Crippen LogP contribution in [-0.2, 0) is 22.7 Å². The quantitative estimate of drug-likeness (QED) is 0.691. The number of aryl methyl sites for hydroxylation is 2. The van der Waals surface area contributed by atoms with Gasteiger partial charge in [-0.25, -0.2) is 4.98 Å². The van der Waals surface area contributed by atoms with Crippen LogP contribution in [0.25, 0.3) is 10.2 Å². The Morgan fingerprint density at radius 2 is 2.00 bits per heavy atom. The molecule has 0 fully saturated rings. The minimum Gasteiger partial charge on any atom is -0.459 e. The van der Waals surface area contributed by atoms with Gasteiger partial charge in [-0.1, -0.05) is 30.3 Å². The number of carbonyl (C=O) groups is 1. The van der Waals surface area contributed by atoms with Crippen molar-refractivity contribution in [1.29, 1.82) is 0 Å². The number of aromatic nitrogens is 2. The second-order valence-corrected chi connectivity index (χ2v) is 6.51. The molecular weight excluding hydrogens is 312 g/mol. The zero-order valence-electron chi connectivity index (χ0n) is 12.9. The number of rotatable bonds is 4. The lowest BCUT2D eigenvalue weighted by molar-refractivity contribution is -0.145. The molecule has 1 aromatic carbocycles. The van der Waals surface area contributed by atoms with Gasteiger partial charge in [0, 0.05) is 4.88 Å². The van der Waals surface area contributed by atoms with Crippen molar-refractivity contribution in [2.45, 2.75) is 27.0 Å². The van der Waals surface area contributed by atoms with Crippen LogP contribution in [0.5, 0.6) is 0 Å². The van der Waals surface area contributed by atoms with Gasteiger partial charge >= 0.3 is 5.97 Å². The first-order valence-electron chi connectivity index (χ1n) is 7.22. The molecule has 0 unspecified atom stereocenters. The Kier molecular flexibility index (Phi) is 4.25. The SMILES string of the molecule is Cc1cc2c(=O)n(CC(=O)OCc3ccccc3)c(C)nc2s1. The number of fused-ring (bicyclic) bond motifs is 1. The molecule has 0 bridgehead atoms. The summed E-state index contributed by atoms with van der Waals surface area (Å²) in [7, 11) is 0. The van der Waals surface area contributed by atoms with Crippen molar-refractivity contribution in [3.05, 3.63) is 63.0 Å². The Morgan fingerprint density at radius 3 is 2.74 bits per heavy atom. The summed E-state index contributed by atoms with van der Waals surface area (Å²) in [6.07, 6.45) is 0. The molecule has 0 aliphatic rings. The largest absolute Gasteiger partial charge is 0.459 e. The van der Waals surface area contributed by atoms with E-state index in [2.05, 4.69) is 4.98 Å². The molecule has 2 heterocycles. The number of ether oxygens (including phenoxy) is 1. The Balaban J connectivity index is 1.78. The van der Waals surface area contributed by atoms with Crippen molar-refractivity contribution >= 4 is 27.5 Å². The van der Waals surface area contributed by atoms with Crippen LogP contribution in [0, 0.1) is 13.8 Å². The summed E-state index contributed by atoms with van der Waals surface area (Å²) in [4.78, 5) is 30.6. The maximum absolute atomic E-state index is 12.5. The summed E-state index contributed by atoms with van der Waals surface area (Å²) < 4.78 is 6.60. The maximum atomic E-state index is 12.5. The van der Waals surface area contributed by atoms with Crippen molar-refractivity contribution < 1.29 is 9.53 Å². The molecule has 3 rings (SSSR count). The van der Waals surface area contributed by atoms with E-state index in [1.54, 1.807) is 13.0 Å². The van der Waals surface area contributed by atoms with Gasteiger partial charge in [-0.3, -0.25) is 14.2 Å². The van der Waals surface area contributed by atoms with E-state index in [1.807, 2.05) is 37.3 Å². The zero-order valence-corrected chi connectivity index (χ0v) is 13.7. The molecular formula is C17H16N2O3S. The highest BCUT2D eigenvalue weighted by Crippen LogP contribution is 2.20. The van der Waals surface area contributed by atoms with Crippen LogP contribution in [0.4, 0.5) is 0 Å². The van der Waals surface area contributed by atoms with E-state index in [4.69, 9.17) is 4.74 Å². The van der Waals surface area contributed by atoms with Crippen molar-refractivity contribution in [3.8, 4) is 0 Å². The molecule has 0 aliphatic carbocycles. The Morgan fingerprint density at radius 1 is 1.26 bits per heavy atom. The number of esters is 1. The molecule has 118 valence electrons. The van der Waals surface area contributed by atoms with Gasteiger partial charge in [0.15, 0.2) is 0 Å². The third-order valence-corrected chi connectivity index (χ3v) is 4.44. The summed E-state index contributed by atoms with van der Waals surface area (Å²) in [5, 5.41) is 0.550. The highest BCUT2D eigenvalue weighted by molar-refractivity contribution is 7.18. The van der Waals surface area contributed by atoms with Crippen LogP contribution in [0.2, 0.25) is 0 Å². The van der Waals surface area contributed by atoms with Crippen LogP contribution in [0.3, 0.4) is 0 Å². The number of nitrogens with zero attached hydrogens (tertiary/aromatic N) is 2. The molecule has 0 aliphatic heterocycles. The Bertz CT molecular complexity index is 913. The summed E-state index contributed by atoms with van der Waals surface area (Å²) in [6, 6.07) is 11.2. The minimum absolute atomic E-state index is 0.130. The molecule has 0 atom stereocenters. The van der Waals surface area contributed by atoms with Gasteiger partial charge in [-0.15, -0.1) is 11.3 Å². The van der Waals surface area contributed by atoms with Crippen LogP contribution >= 0.6 is 11.3 Å². The maximum Gasteiger partial charge on any atom is 0.326 e. The lowest BCUT2D eigenvalue weighted by Gasteiger charge is -2.09. The molecule has 0 saturated heterocycles. The molecule has 0 radical (unpaired) electrons. The van der Waals surface area contributed by atoms with E-state index in [9.17, 15) is 9.59 Å². The Hall–Kier alpha value is -2.47. The van der Waals surface area contributed by atoms with Gasteiger partial charge in [-0.2, -0.15) is 0 Å². The fraction of sp³-hybridized carbons (Fsp3) is 0.235. The number of hydrogen-bond donors (Lipinski definition) is 0. The van der Waals surface area contributed by atoms with Crippen LogP contribution in [-0.4, -0.2) is 15.5 Å². The van der Waals surface area contributed by atoms with Crippen LogP contribution in [0.1, 0.15) is 16.3 Å². The second kappa shape index (κ2) is 6.34. The molecule has 3 aromatic rings. The average Bonchev–Trinajstić information content (AvgIpc) is 2.91. The first kappa shape index (κ1) is 15.4. The lowest BCUT2D eigenvalue weighted by atomic mass is 10.2. The van der Waals surface area contributed by atoms with Crippen molar-refractivity contribution in [2.24, 2.45) is 0 Å². The van der Waals surface area contributed by atoms with E-state index in [1.165, 1.54) is 15.9 Å². The van der Waals surface area contributed by atoms with E-state index in [0.29, 0.717) is 16.0 Å². The fourth-order valence-corrected chi connectivity index (χ4v) is 3.25. The van der Waals surface area contributed by atoms with Crippen LogP contribution < -0.4 is 5.56 Å². The molecule has 2 aromatic heterocycles. The third-order valence-electron chi connectivity index (χ3n) is 3.50. The molecule has 0 spiro atoms. The second-order valence-electron chi connectivity index (χ2n) is 5.27. The fourth-order valence-electron chi connectivity index (χ4n) is 2.34. The van der Waals surface area contributed by atoms with E-state index in [0.717, 1.165) is 10.4 Å². The van der Waals surface area contributed by atoms with Crippen molar-refractivity contribution in [2.75, 3.05) is 0 Å². The summed E-state index contributed by atoms with van der Waals surface area (Å²) in [5.41, 5.74) is 0.709. The highest BCUT2D eigenvalue weighted by atomic mass is 32.1. The Labute approximate surface area is 137 Å². The molecule has 0 N–H and O–H groups in total. The van der Waals surface area contributed by atoms with Crippen molar-refractivity contribution in [3.63, 3.8) is 0 Å². The number of hydrogen-bond acceptors (Lipinski definition) is 5. The van der Waals surface area contributed by atoms with Gasteiger partial charge in [0.05, 0.1) is 5.39 Å². The first-order valence-corrected chi connectivity index (χ1v) is 8.03. The predicted octanol–water partition coefficient (Wildman–Crippen LogP) is 2.82. The topological polar surface area (TPSA) is 61.2 Å². The van der Waals surface area contributed by atoms with Crippen molar-refractivity contribution in [1.82, 2.24) is 9.55 Å². The summed E-state index contributed by atoms with van der Waals surface area (Å²) >= 11 is 1.47. The van der Waals surface area contributed by atoms with Gasteiger partial charge in [0.2, 0.25) is 0 Å². The third kappa shape index (κ3) is 3.32. The number of carbonyl (C=O) groups excluding carboxylic acids is 1. The number of benzene rings is 1.